The molecule has 2 rings (SSSR count). The Kier molecular flexibility index (Phi) is 4.91. The summed E-state index contributed by atoms with van der Waals surface area (Å²) in [5, 5.41) is 10.4. The molecule has 2 heterocycles. The van der Waals surface area contributed by atoms with Crippen LogP contribution in [0, 0.1) is 0 Å². The summed E-state index contributed by atoms with van der Waals surface area (Å²) < 4.78 is 29.6. The van der Waals surface area contributed by atoms with E-state index in [0.717, 1.165) is 0 Å². The fourth-order valence-corrected chi connectivity index (χ4v) is 3.38. The van der Waals surface area contributed by atoms with Gasteiger partial charge in [-0.05, 0) is 28.9 Å². The predicted molar refractivity (Wildman–Crippen MR) is 81.2 cm³/mol. The number of aromatic nitrogens is 4. The highest BCUT2D eigenvalue weighted by Crippen LogP contribution is 2.22. The Morgan fingerprint density at radius 1 is 1.43 bits per heavy atom. The van der Waals surface area contributed by atoms with Gasteiger partial charge in [0.05, 0.1) is 6.54 Å². The van der Waals surface area contributed by atoms with Crippen LogP contribution in [0.3, 0.4) is 0 Å². The Hall–Kier alpha value is -1.52. The maximum absolute atomic E-state index is 12.4. The molecule has 0 spiro atoms. The van der Waals surface area contributed by atoms with Crippen molar-refractivity contribution in [1.82, 2.24) is 24.5 Å². The molecule has 0 aromatic carbocycles. The van der Waals surface area contributed by atoms with E-state index >= 15 is 0 Å². The van der Waals surface area contributed by atoms with Crippen molar-refractivity contribution in [1.29, 1.82) is 0 Å². The molecule has 0 aliphatic rings. The predicted octanol–water partition coefficient (Wildman–Crippen LogP) is 0.976. The molecular weight excluding hydrogens is 360 g/mol. The van der Waals surface area contributed by atoms with Crippen LogP contribution in [-0.4, -0.2) is 35.2 Å². The maximum Gasteiger partial charge on any atom is 0.244 e. The summed E-state index contributed by atoms with van der Waals surface area (Å²) in [6, 6.07) is 1.49. The number of hydrogen-bond acceptors (Lipinski definition) is 6. The number of anilines is 1. The van der Waals surface area contributed by atoms with Crippen LogP contribution in [-0.2, 0) is 23.1 Å². The largest absolute Gasteiger partial charge is 0.372 e. The molecular formula is C11H15BrN6O2S. The topological polar surface area (TPSA) is 102 Å². The number of sulfonamides is 1. The summed E-state index contributed by atoms with van der Waals surface area (Å²) in [7, 11) is -2.10. The quantitative estimate of drug-likeness (QED) is 0.780. The van der Waals surface area contributed by atoms with Crippen LogP contribution in [0.4, 0.5) is 5.82 Å². The second-order valence-corrected chi connectivity index (χ2v) is 6.76. The van der Waals surface area contributed by atoms with E-state index in [1.165, 1.54) is 12.3 Å². The minimum Gasteiger partial charge on any atom is -0.372 e. The van der Waals surface area contributed by atoms with Gasteiger partial charge < -0.3 is 9.88 Å². The van der Waals surface area contributed by atoms with Crippen LogP contribution in [0.2, 0.25) is 0 Å². The molecule has 0 saturated carbocycles. The molecule has 2 N–H and O–H groups in total. The first kappa shape index (κ1) is 15.9. The van der Waals surface area contributed by atoms with Crippen molar-refractivity contribution in [3.8, 4) is 0 Å². The summed E-state index contributed by atoms with van der Waals surface area (Å²) in [6.45, 7) is 2.66. The minimum absolute atomic E-state index is 0.0614. The molecule has 2 aromatic heterocycles. The number of hydrogen-bond donors (Lipinski definition) is 2. The Bertz CT molecular complexity index is 730. The second-order valence-electron chi connectivity index (χ2n) is 4.11. The molecule has 114 valence electrons. The molecule has 0 saturated heterocycles. The van der Waals surface area contributed by atoms with Crippen LogP contribution >= 0.6 is 15.9 Å². The molecule has 0 aliphatic heterocycles. The molecule has 8 nitrogen and oxygen atoms in total. The van der Waals surface area contributed by atoms with E-state index in [0.29, 0.717) is 16.8 Å². The van der Waals surface area contributed by atoms with Gasteiger partial charge in [-0.15, -0.1) is 10.2 Å². The number of rotatable bonds is 6. The van der Waals surface area contributed by atoms with Gasteiger partial charge in [0.2, 0.25) is 10.0 Å². The van der Waals surface area contributed by atoms with E-state index in [4.69, 9.17) is 0 Å². The van der Waals surface area contributed by atoms with Crippen molar-refractivity contribution in [2.45, 2.75) is 24.9 Å². The smallest absolute Gasteiger partial charge is 0.244 e. The fraction of sp³-hybridized carbons (Fsp3) is 0.364. The van der Waals surface area contributed by atoms with Gasteiger partial charge >= 0.3 is 0 Å². The molecule has 2 aromatic rings. The molecule has 0 amide bonds. The summed E-state index contributed by atoms with van der Waals surface area (Å²) in [6.07, 6.45) is 3.09. The van der Waals surface area contributed by atoms with Gasteiger partial charge in [-0.25, -0.2) is 18.1 Å². The van der Waals surface area contributed by atoms with Gasteiger partial charge in [0.1, 0.15) is 22.9 Å². The third-order valence-corrected chi connectivity index (χ3v) is 4.65. The highest BCUT2D eigenvalue weighted by Gasteiger charge is 2.20. The maximum atomic E-state index is 12.4. The molecule has 0 aliphatic carbocycles. The third-order valence-electron chi connectivity index (χ3n) is 2.80. The first-order chi connectivity index (χ1) is 9.97. The van der Waals surface area contributed by atoms with Crippen LogP contribution in [0.5, 0.6) is 0 Å². The zero-order chi connectivity index (χ0) is 15.5. The van der Waals surface area contributed by atoms with Gasteiger partial charge in [0.25, 0.3) is 0 Å². The Morgan fingerprint density at radius 3 is 2.86 bits per heavy atom. The Balaban J connectivity index is 2.25. The van der Waals surface area contributed by atoms with Gasteiger partial charge in [0, 0.05) is 24.3 Å². The van der Waals surface area contributed by atoms with E-state index in [1.807, 2.05) is 6.92 Å². The molecule has 0 unspecified atom stereocenters. The van der Waals surface area contributed by atoms with Crippen molar-refractivity contribution in [2.75, 3.05) is 12.4 Å². The summed E-state index contributed by atoms with van der Waals surface area (Å²) in [5.41, 5.74) is 0. The highest BCUT2D eigenvalue weighted by atomic mass is 79.9. The normalized spacial score (nSPS) is 11.6. The SMILES string of the molecule is CCn1cnnc1CNS(=O)(=O)c1cc(Br)cnc1NC. The summed E-state index contributed by atoms with van der Waals surface area (Å²) in [4.78, 5) is 4.10. The lowest BCUT2D eigenvalue weighted by Gasteiger charge is -2.11. The Morgan fingerprint density at radius 2 is 2.19 bits per heavy atom. The van der Waals surface area contributed by atoms with Crippen LogP contribution < -0.4 is 10.0 Å². The van der Waals surface area contributed by atoms with Crippen molar-refractivity contribution in [3.63, 3.8) is 0 Å². The number of aryl methyl sites for hydroxylation is 1. The van der Waals surface area contributed by atoms with Gasteiger partial charge in [-0.3, -0.25) is 0 Å². The highest BCUT2D eigenvalue weighted by molar-refractivity contribution is 9.10. The standard InChI is InChI=1S/C11H15BrN6O2S/c1-3-18-7-15-17-10(18)6-16-21(19,20)9-4-8(12)5-14-11(9)13-2/h4-5,7,16H,3,6H2,1-2H3,(H,13,14). The van der Waals surface area contributed by atoms with E-state index in [9.17, 15) is 8.42 Å². The third kappa shape index (κ3) is 3.57. The lowest BCUT2D eigenvalue weighted by molar-refractivity contribution is 0.575. The monoisotopic (exact) mass is 374 g/mol. The molecule has 10 heteroatoms. The number of pyridine rings is 1. The molecule has 0 bridgehead atoms. The van der Waals surface area contributed by atoms with Gasteiger partial charge in [-0.1, -0.05) is 0 Å². The van der Waals surface area contributed by atoms with Crippen molar-refractivity contribution < 1.29 is 8.42 Å². The molecule has 21 heavy (non-hydrogen) atoms. The van der Waals surface area contributed by atoms with Gasteiger partial charge in [0.15, 0.2) is 0 Å². The van der Waals surface area contributed by atoms with E-state index in [2.05, 4.69) is 41.2 Å². The number of nitrogens with zero attached hydrogens (tertiary/aromatic N) is 4. The molecule has 0 radical (unpaired) electrons. The number of halogens is 1. The molecule has 0 fully saturated rings. The van der Waals surface area contributed by atoms with Crippen LogP contribution in [0.15, 0.2) is 28.0 Å². The summed E-state index contributed by atoms with van der Waals surface area (Å²) >= 11 is 3.22. The van der Waals surface area contributed by atoms with Crippen molar-refractivity contribution in [3.05, 3.63) is 28.9 Å². The summed E-state index contributed by atoms with van der Waals surface area (Å²) in [5.74, 6) is 0.831. The van der Waals surface area contributed by atoms with Crippen molar-refractivity contribution in [2.24, 2.45) is 0 Å². The Labute approximate surface area is 131 Å². The zero-order valence-electron chi connectivity index (χ0n) is 11.5. The first-order valence-electron chi connectivity index (χ1n) is 6.17. The zero-order valence-corrected chi connectivity index (χ0v) is 13.9. The lowest BCUT2D eigenvalue weighted by atomic mass is 10.4. The van der Waals surface area contributed by atoms with E-state index in [-0.39, 0.29) is 17.3 Å². The lowest BCUT2D eigenvalue weighted by Crippen LogP contribution is -2.26. The average Bonchev–Trinajstić information content (AvgIpc) is 2.92. The van der Waals surface area contributed by atoms with Crippen molar-refractivity contribution >= 4 is 31.8 Å². The number of nitrogens with one attached hydrogen (secondary N) is 2. The van der Waals surface area contributed by atoms with Crippen LogP contribution in [0.25, 0.3) is 0 Å². The van der Waals surface area contributed by atoms with Crippen LogP contribution in [0.1, 0.15) is 12.7 Å². The fourth-order valence-electron chi connectivity index (χ4n) is 1.73. The average molecular weight is 375 g/mol. The second kappa shape index (κ2) is 6.50. The van der Waals surface area contributed by atoms with E-state index in [1.54, 1.807) is 17.9 Å². The minimum atomic E-state index is -3.71. The van der Waals surface area contributed by atoms with Gasteiger partial charge in [-0.2, -0.15) is 0 Å². The first-order valence-corrected chi connectivity index (χ1v) is 8.45. The molecule has 0 atom stereocenters. The van der Waals surface area contributed by atoms with E-state index < -0.39 is 10.0 Å².